The second kappa shape index (κ2) is 8.32. The maximum absolute atomic E-state index is 12.5. The summed E-state index contributed by atoms with van der Waals surface area (Å²) in [6.07, 6.45) is -3.01. The van der Waals surface area contributed by atoms with Gasteiger partial charge in [-0.25, -0.2) is 0 Å². The van der Waals surface area contributed by atoms with E-state index >= 15 is 0 Å². The Balaban J connectivity index is 1.75. The maximum atomic E-state index is 12.5. The highest BCUT2D eigenvalue weighted by molar-refractivity contribution is 6.39. The summed E-state index contributed by atoms with van der Waals surface area (Å²) in [4.78, 5) is 23.4. The second-order valence-corrected chi connectivity index (χ2v) is 5.37. The van der Waals surface area contributed by atoms with Gasteiger partial charge in [-0.15, -0.1) is 0 Å². The van der Waals surface area contributed by atoms with Crippen LogP contribution in [0.5, 0.6) is 0 Å². The van der Waals surface area contributed by atoms with Crippen molar-refractivity contribution in [2.24, 2.45) is 0 Å². The number of halogens is 3. The van der Waals surface area contributed by atoms with Crippen LogP contribution in [0.2, 0.25) is 0 Å². The topological polar surface area (TPSA) is 58.2 Å². The highest BCUT2D eigenvalue weighted by atomic mass is 19.4. The molecule has 25 heavy (non-hydrogen) atoms. The highest BCUT2D eigenvalue weighted by Gasteiger charge is 2.30. The molecule has 0 aromatic heterocycles. The molecule has 0 aliphatic carbocycles. The van der Waals surface area contributed by atoms with Crippen LogP contribution in [0.1, 0.15) is 17.5 Å². The number of nitrogens with one attached hydrogen (secondary N) is 2. The lowest BCUT2D eigenvalue weighted by molar-refractivity contribution is -0.137. The minimum Gasteiger partial charge on any atom is -0.348 e. The lowest BCUT2D eigenvalue weighted by atomic mass is 10.1. The third-order valence-electron chi connectivity index (χ3n) is 3.45. The molecule has 0 spiro atoms. The summed E-state index contributed by atoms with van der Waals surface area (Å²) < 4.78 is 37.4. The van der Waals surface area contributed by atoms with Gasteiger partial charge in [0, 0.05) is 12.2 Å². The normalized spacial score (nSPS) is 11.0. The summed E-state index contributed by atoms with van der Waals surface area (Å²) in [5.74, 6) is -1.74. The number of benzene rings is 2. The molecular formula is C18H17F3N2O2. The van der Waals surface area contributed by atoms with Crippen molar-refractivity contribution in [3.8, 4) is 0 Å². The Kier molecular flexibility index (Phi) is 6.16. The monoisotopic (exact) mass is 350 g/mol. The molecule has 2 aromatic carbocycles. The highest BCUT2D eigenvalue weighted by Crippen LogP contribution is 2.29. The van der Waals surface area contributed by atoms with Crippen molar-refractivity contribution in [2.45, 2.75) is 19.0 Å². The molecule has 0 saturated heterocycles. The van der Waals surface area contributed by atoms with Gasteiger partial charge in [0.1, 0.15) is 0 Å². The zero-order chi connectivity index (χ0) is 18.3. The Morgan fingerprint density at radius 2 is 1.52 bits per heavy atom. The van der Waals surface area contributed by atoms with E-state index in [1.165, 1.54) is 0 Å². The van der Waals surface area contributed by atoms with Gasteiger partial charge in [-0.2, -0.15) is 13.2 Å². The van der Waals surface area contributed by atoms with Crippen molar-refractivity contribution in [1.82, 2.24) is 5.32 Å². The number of hydrogen-bond donors (Lipinski definition) is 2. The first-order valence-corrected chi connectivity index (χ1v) is 7.66. The Morgan fingerprint density at radius 1 is 0.880 bits per heavy atom. The summed E-state index contributed by atoms with van der Waals surface area (Å²) in [5.41, 5.74) is 0.430. The molecule has 4 nitrogen and oxygen atoms in total. The fraction of sp³-hybridized carbons (Fsp3) is 0.222. The number of alkyl halides is 3. The predicted octanol–water partition coefficient (Wildman–Crippen LogP) is 3.39. The Morgan fingerprint density at radius 3 is 2.12 bits per heavy atom. The molecule has 7 heteroatoms. The van der Waals surface area contributed by atoms with Crippen LogP contribution in [0, 0.1) is 0 Å². The standard InChI is InChI=1S/C18H17F3N2O2/c19-18(20,21)14-8-10-15(11-9-14)23-17(25)16(24)22-12-4-7-13-5-2-1-3-6-13/h1-3,5-6,8-11H,4,7,12H2,(H,22,24)(H,23,25). The van der Waals surface area contributed by atoms with Crippen LogP contribution in [-0.2, 0) is 22.2 Å². The Hall–Kier alpha value is -2.83. The zero-order valence-electron chi connectivity index (χ0n) is 13.3. The molecule has 0 bridgehead atoms. The van der Waals surface area contributed by atoms with Gasteiger partial charge >= 0.3 is 18.0 Å². The molecule has 2 amide bonds. The molecule has 0 aliphatic heterocycles. The van der Waals surface area contributed by atoms with Gasteiger partial charge in [0.25, 0.3) is 0 Å². The van der Waals surface area contributed by atoms with Crippen LogP contribution in [0.3, 0.4) is 0 Å². The van der Waals surface area contributed by atoms with Crippen molar-refractivity contribution in [3.05, 3.63) is 65.7 Å². The minimum absolute atomic E-state index is 0.123. The van der Waals surface area contributed by atoms with Gasteiger partial charge in [0.05, 0.1) is 5.56 Å². The van der Waals surface area contributed by atoms with E-state index in [1.807, 2.05) is 30.3 Å². The van der Waals surface area contributed by atoms with Crippen LogP contribution in [0.15, 0.2) is 54.6 Å². The van der Waals surface area contributed by atoms with Gasteiger partial charge in [-0.3, -0.25) is 9.59 Å². The number of anilines is 1. The van der Waals surface area contributed by atoms with Gasteiger partial charge in [0.15, 0.2) is 0 Å². The van der Waals surface area contributed by atoms with Crippen molar-refractivity contribution < 1.29 is 22.8 Å². The second-order valence-electron chi connectivity index (χ2n) is 5.37. The number of carbonyl (C=O) groups excluding carboxylic acids is 2. The number of rotatable bonds is 5. The van der Waals surface area contributed by atoms with Gasteiger partial charge < -0.3 is 10.6 Å². The van der Waals surface area contributed by atoms with E-state index < -0.39 is 23.6 Å². The Bertz CT molecular complexity index is 713. The molecule has 0 aliphatic rings. The van der Waals surface area contributed by atoms with Gasteiger partial charge in [0.2, 0.25) is 0 Å². The summed E-state index contributed by atoms with van der Waals surface area (Å²) in [6, 6.07) is 13.6. The largest absolute Gasteiger partial charge is 0.416 e. The van der Waals surface area contributed by atoms with E-state index in [0.717, 1.165) is 36.2 Å². The van der Waals surface area contributed by atoms with Gasteiger partial charge in [-0.05, 0) is 42.7 Å². The molecule has 2 aromatic rings. The summed E-state index contributed by atoms with van der Waals surface area (Å²) in [5, 5.41) is 4.74. The molecule has 0 heterocycles. The SMILES string of the molecule is O=C(NCCCc1ccccc1)C(=O)Nc1ccc(C(F)(F)F)cc1. The smallest absolute Gasteiger partial charge is 0.348 e. The number of carbonyl (C=O) groups is 2. The molecule has 0 saturated carbocycles. The average Bonchev–Trinajstić information content (AvgIpc) is 2.59. The number of amides is 2. The first-order valence-electron chi connectivity index (χ1n) is 7.66. The van der Waals surface area contributed by atoms with E-state index in [4.69, 9.17) is 0 Å². The van der Waals surface area contributed by atoms with E-state index in [0.29, 0.717) is 13.0 Å². The van der Waals surface area contributed by atoms with Crippen molar-refractivity contribution >= 4 is 17.5 Å². The predicted molar refractivity (Wildman–Crippen MR) is 87.8 cm³/mol. The lowest BCUT2D eigenvalue weighted by Gasteiger charge is -2.09. The number of hydrogen-bond acceptors (Lipinski definition) is 2. The minimum atomic E-state index is -4.45. The summed E-state index contributed by atoms with van der Waals surface area (Å²) >= 11 is 0. The third-order valence-corrected chi connectivity index (χ3v) is 3.45. The van der Waals surface area contributed by atoms with E-state index in [1.54, 1.807) is 0 Å². The fourth-order valence-electron chi connectivity index (χ4n) is 2.15. The maximum Gasteiger partial charge on any atom is 0.416 e. The first-order chi connectivity index (χ1) is 11.9. The molecule has 132 valence electrons. The molecule has 0 radical (unpaired) electrons. The van der Waals surface area contributed by atoms with E-state index in [2.05, 4.69) is 10.6 Å². The zero-order valence-corrected chi connectivity index (χ0v) is 13.3. The van der Waals surface area contributed by atoms with Crippen LogP contribution >= 0.6 is 0 Å². The number of aryl methyl sites for hydroxylation is 1. The first kappa shape index (κ1) is 18.5. The van der Waals surface area contributed by atoms with Crippen LogP contribution < -0.4 is 10.6 Å². The quantitative estimate of drug-likeness (QED) is 0.641. The molecule has 2 rings (SSSR count). The average molecular weight is 350 g/mol. The molecule has 2 N–H and O–H groups in total. The molecular weight excluding hydrogens is 333 g/mol. The Labute approximate surface area is 143 Å². The molecule has 0 atom stereocenters. The fourth-order valence-corrected chi connectivity index (χ4v) is 2.15. The van der Waals surface area contributed by atoms with Gasteiger partial charge in [-0.1, -0.05) is 30.3 Å². The van der Waals surface area contributed by atoms with Crippen molar-refractivity contribution in [2.75, 3.05) is 11.9 Å². The molecule has 0 fully saturated rings. The summed E-state index contributed by atoms with van der Waals surface area (Å²) in [7, 11) is 0. The summed E-state index contributed by atoms with van der Waals surface area (Å²) in [6.45, 7) is 0.328. The van der Waals surface area contributed by atoms with Crippen LogP contribution in [0.4, 0.5) is 18.9 Å². The van der Waals surface area contributed by atoms with Crippen molar-refractivity contribution in [1.29, 1.82) is 0 Å². The van der Waals surface area contributed by atoms with E-state index in [9.17, 15) is 22.8 Å². The molecule has 0 unspecified atom stereocenters. The third kappa shape index (κ3) is 5.95. The van der Waals surface area contributed by atoms with Crippen LogP contribution in [0.25, 0.3) is 0 Å². The van der Waals surface area contributed by atoms with Crippen molar-refractivity contribution in [3.63, 3.8) is 0 Å². The van der Waals surface area contributed by atoms with E-state index in [-0.39, 0.29) is 5.69 Å². The van der Waals surface area contributed by atoms with Crippen LogP contribution in [-0.4, -0.2) is 18.4 Å². The lowest BCUT2D eigenvalue weighted by Crippen LogP contribution is -2.36.